The summed E-state index contributed by atoms with van der Waals surface area (Å²) in [6, 6.07) is 1.41. The number of fused-ring (bicyclic) bond motifs is 1. The molecule has 2 aromatic heterocycles. The summed E-state index contributed by atoms with van der Waals surface area (Å²) in [6.07, 6.45) is 6.27. The van der Waals surface area contributed by atoms with Crippen LogP contribution in [-0.4, -0.2) is 15.7 Å². The molecular weight excluding hydrogens is 286 g/mol. The van der Waals surface area contributed by atoms with Gasteiger partial charge in [-0.2, -0.15) is 10.4 Å². The van der Waals surface area contributed by atoms with E-state index in [1.165, 1.54) is 16.2 Å². The molecule has 0 bridgehead atoms. The molecule has 0 radical (unpaired) electrons. The Morgan fingerprint density at radius 3 is 3.10 bits per heavy atom. The lowest BCUT2D eigenvalue weighted by Gasteiger charge is -2.09. The molecule has 2 heterocycles. The first kappa shape index (κ1) is 13.8. The van der Waals surface area contributed by atoms with Gasteiger partial charge in [-0.25, -0.2) is 0 Å². The molecule has 1 aliphatic rings. The number of nitriles is 1. The Morgan fingerprint density at radius 1 is 1.62 bits per heavy atom. The van der Waals surface area contributed by atoms with Crippen LogP contribution in [-0.2, 0) is 24.7 Å². The van der Waals surface area contributed by atoms with Gasteiger partial charge in [0.1, 0.15) is 17.1 Å². The summed E-state index contributed by atoms with van der Waals surface area (Å²) in [5.41, 5.74) is 8.28. The van der Waals surface area contributed by atoms with Gasteiger partial charge in [0.05, 0.1) is 11.8 Å². The van der Waals surface area contributed by atoms with Gasteiger partial charge < -0.3 is 11.1 Å². The summed E-state index contributed by atoms with van der Waals surface area (Å²) in [6.45, 7) is 0. The Hall–Kier alpha value is -2.17. The van der Waals surface area contributed by atoms with Gasteiger partial charge >= 0.3 is 0 Å². The number of rotatable bonds is 3. The highest BCUT2D eigenvalue weighted by Gasteiger charge is 2.25. The highest BCUT2D eigenvalue weighted by Crippen LogP contribution is 2.38. The van der Waals surface area contributed by atoms with Crippen LogP contribution in [0.2, 0.25) is 0 Å². The Kier molecular flexibility index (Phi) is 3.49. The minimum absolute atomic E-state index is 0.320. The second kappa shape index (κ2) is 5.31. The predicted octanol–water partition coefficient (Wildman–Crippen LogP) is 1.48. The molecule has 3 N–H and O–H groups in total. The van der Waals surface area contributed by atoms with E-state index in [4.69, 9.17) is 5.73 Å². The zero-order valence-corrected chi connectivity index (χ0v) is 12.4. The van der Waals surface area contributed by atoms with Crippen LogP contribution < -0.4 is 11.1 Å². The van der Waals surface area contributed by atoms with Crippen molar-refractivity contribution in [3.63, 3.8) is 0 Å². The molecule has 108 valence electrons. The first-order chi connectivity index (χ1) is 10.1. The lowest BCUT2D eigenvalue weighted by atomic mass is 10.1. The Balaban J connectivity index is 1.81. The fourth-order valence-corrected chi connectivity index (χ4v) is 3.80. The molecule has 0 aromatic carbocycles. The molecule has 0 saturated heterocycles. The Labute approximate surface area is 126 Å². The van der Waals surface area contributed by atoms with E-state index in [1.807, 2.05) is 0 Å². The highest BCUT2D eigenvalue weighted by molar-refractivity contribution is 7.16. The van der Waals surface area contributed by atoms with Crippen molar-refractivity contribution in [1.29, 1.82) is 5.26 Å². The quantitative estimate of drug-likeness (QED) is 0.897. The molecule has 6 nitrogen and oxygen atoms in total. The fourth-order valence-electron chi connectivity index (χ4n) is 2.55. The van der Waals surface area contributed by atoms with E-state index in [-0.39, 0.29) is 5.91 Å². The van der Waals surface area contributed by atoms with E-state index in [1.54, 1.807) is 24.1 Å². The number of nitrogens with one attached hydrogen (secondary N) is 1. The van der Waals surface area contributed by atoms with Crippen molar-refractivity contribution in [2.24, 2.45) is 12.8 Å². The molecule has 3 rings (SSSR count). The number of aryl methyl sites for hydroxylation is 2. The molecule has 0 spiro atoms. The number of nitrogens with zero attached hydrogens (tertiary/aromatic N) is 3. The van der Waals surface area contributed by atoms with Crippen LogP contribution in [0.1, 0.15) is 34.0 Å². The number of thiophene rings is 1. The number of carbonyl (C=O) groups is 1. The molecular formula is C14H15N5OS. The molecule has 0 fully saturated rings. The van der Waals surface area contributed by atoms with Crippen LogP contribution in [0.3, 0.4) is 0 Å². The molecule has 1 unspecified atom stereocenters. The molecule has 1 aliphatic carbocycles. The number of hydrogen-bond acceptors (Lipinski definition) is 5. The van der Waals surface area contributed by atoms with Crippen molar-refractivity contribution < 1.29 is 4.79 Å². The number of hydrogen-bond donors (Lipinski definition) is 2. The van der Waals surface area contributed by atoms with Crippen molar-refractivity contribution in [3.8, 4) is 6.07 Å². The number of anilines is 1. The molecule has 2 aromatic rings. The maximum absolute atomic E-state index is 12.2. The topological polar surface area (TPSA) is 96.7 Å². The maximum Gasteiger partial charge on any atom is 0.246 e. The van der Waals surface area contributed by atoms with Crippen LogP contribution in [0.5, 0.6) is 0 Å². The third-order valence-electron chi connectivity index (χ3n) is 3.64. The first-order valence-electron chi connectivity index (χ1n) is 6.69. The molecule has 0 saturated carbocycles. The highest BCUT2D eigenvalue weighted by atomic mass is 32.1. The smallest absolute Gasteiger partial charge is 0.246 e. The van der Waals surface area contributed by atoms with E-state index in [9.17, 15) is 10.1 Å². The summed E-state index contributed by atoms with van der Waals surface area (Å²) in [7, 11) is 1.77. The Bertz CT molecular complexity index is 739. The van der Waals surface area contributed by atoms with E-state index >= 15 is 0 Å². The SMILES string of the molecule is Cn1cc(C(N)C(=O)Nc2sc3c(c2C#N)CCC3)cn1. The first-order valence-corrected chi connectivity index (χ1v) is 7.51. The van der Waals surface area contributed by atoms with E-state index < -0.39 is 6.04 Å². The largest absolute Gasteiger partial charge is 0.316 e. The van der Waals surface area contributed by atoms with Gasteiger partial charge in [0.25, 0.3) is 0 Å². The van der Waals surface area contributed by atoms with Crippen LogP contribution in [0, 0.1) is 11.3 Å². The second-order valence-electron chi connectivity index (χ2n) is 5.09. The third-order valence-corrected chi connectivity index (χ3v) is 4.84. The summed E-state index contributed by atoms with van der Waals surface area (Å²) >= 11 is 1.49. The number of amides is 1. The lowest BCUT2D eigenvalue weighted by molar-refractivity contribution is -0.117. The zero-order chi connectivity index (χ0) is 15.0. The van der Waals surface area contributed by atoms with E-state index in [2.05, 4.69) is 16.5 Å². The minimum Gasteiger partial charge on any atom is -0.316 e. The third kappa shape index (κ3) is 2.44. The number of nitrogens with two attached hydrogens (primary N) is 1. The van der Waals surface area contributed by atoms with Gasteiger partial charge in [-0.3, -0.25) is 9.48 Å². The molecule has 7 heteroatoms. The van der Waals surface area contributed by atoms with Gasteiger partial charge in [-0.05, 0) is 24.8 Å². The van der Waals surface area contributed by atoms with Crippen molar-refractivity contribution in [3.05, 3.63) is 34.0 Å². The lowest BCUT2D eigenvalue weighted by Crippen LogP contribution is -2.27. The van der Waals surface area contributed by atoms with Gasteiger partial charge in [0, 0.05) is 23.7 Å². The van der Waals surface area contributed by atoms with Crippen LogP contribution in [0.15, 0.2) is 12.4 Å². The van der Waals surface area contributed by atoms with Gasteiger partial charge in [-0.1, -0.05) is 0 Å². The zero-order valence-electron chi connectivity index (χ0n) is 11.6. The number of aromatic nitrogens is 2. The van der Waals surface area contributed by atoms with Gasteiger partial charge in [0.2, 0.25) is 5.91 Å². The van der Waals surface area contributed by atoms with Crippen molar-refractivity contribution in [1.82, 2.24) is 9.78 Å². The normalized spacial score (nSPS) is 14.5. The van der Waals surface area contributed by atoms with Gasteiger partial charge in [-0.15, -0.1) is 11.3 Å². The van der Waals surface area contributed by atoms with Crippen LogP contribution in [0.4, 0.5) is 5.00 Å². The molecule has 0 aliphatic heterocycles. The second-order valence-corrected chi connectivity index (χ2v) is 6.19. The number of carbonyl (C=O) groups excluding carboxylic acids is 1. The molecule has 1 atom stereocenters. The summed E-state index contributed by atoms with van der Waals surface area (Å²) in [5.74, 6) is -0.320. The van der Waals surface area contributed by atoms with Crippen molar-refractivity contribution in [2.75, 3.05) is 5.32 Å². The monoisotopic (exact) mass is 301 g/mol. The fraction of sp³-hybridized carbons (Fsp3) is 0.357. The van der Waals surface area contributed by atoms with E-state index in [0.717, 1.165) is 24.8 Å². The summed E-state index contributed by atoms with van der Waals surface area (Å²) in [5, 5.41) is 16.7. The van der Waals surface area contributed by atoms with Crippen molar-refractivity contribution in [2.45, 2.75) is 25.3 Å². The van der Waals surface area contributed by atoms with E-state index in [0.29, 0.717) is 16.1 Å². The van der Waals surface area contributed by atoms with Crippen LogP contribution in [0.25, 0.3) is 0 Å². The molecule has 21 heavy (non-hydrogen) atoms. The maximum atomic E-state index is 12.2. The molecule has 1 amide bonds. The average Bonchev–Trinajstić information content (AvgIpc) is 3.13. The van der Waals surface area contributed by atoms with Crippen molar-refractivity contribution >= 4 is 22.2 Å². The van der Waals surface area contributed by atoms with Crippen LogP contribution >= 0.6 is 11.3 Å². The average molecular weight is 301 g/mol. The summed E-state index contributed by atoms with van der Waals surface area (Å²) < 4.78 is 1.60. The Morgan fingerprint density at radius 2 is 2.43 bits per heavy atom. The van der Waals surface area contributed by atoms with Gasteiger partial charge in [0.15, 0.2) is 0 Å². The predicted molar refractivity (Wildman–Crippen MR) is 79.8 cm³/mol. The summed E-state index contributed by atoms with van der Waals surface area (Å²) in [4.78, 5) is 13.4. The standard InChI is InChI=1S/C14H15N5OS/c1-19-7-8(6-17-19)12(16)13(20)18-14-10(5-15)9-3-2-4-11(9)21-14/h6-7,12H,2-4,16H2,1H3,(H,18,20). The minimum atomic E-state index is -0.790.